The maximum Gasteiger partial charge on any atom is 0.338 e. The molecule has 1 aliphatic heterocycles. The van der Waals surface area contributed by atoms with Crippen molar-refractivity contribution in [2.24, 2.45) is 0 Å². The molecule has 1 heterocycles. The van der Waals surface area contributed by atoms with E-state index in [1.165, 1.54) is 24.3 Å². The summed E-state index contributed by atoms with van der Waals surface area (Å²) in [6.45, 7) is 0.269. The van der Waals surface area contributed by atoms with Crippen LogP contribution >= 0.6 is 0 Å². The van der Waals surface area contributed by atoms with Crippen molar-refractivity contribution in [3.05, 3.63) is 75.8 Å². The quantitative estimate of drug-likeness (QED) is 0.437. The van der Waals surface area contributed by atoms with Crippen LogP contribution in [0, 0.1) is 10.1 Å². The van der Waals surface area contributed by atoms with Crippen LogP contribution in [0.1, 0.15) is 27.1 Å². The standard InChI is InChI=1S/C19H17NO7/c21-18(13-4-2-1-3-5-13)26-11-16-10-17(12-25-16)27-19(22)14-6-8-15(9-7-14)20(23)24/h1-9,16-17H,10-12H2/t16-,17+/m0/s1. The van der Waals surface area contributed by atoms with Crippen LogP contribution in [-0.2, 0) is 14.2 Å². The zero-order valence-electron chi connectivity index (χ0n) is 14.3. The highest BCUT2D eigenvalue weighted by molar-refractivity contribution is 5.90. The molecule has 0 aromatic heterocycles. The summed E-state index contributed by atoms with van der Waals surface area (Å²) in [5.41, 5.74) is 0.576. The van der Waals surface area contributed by atoms with Crippen LogP contribution in [0.5, 0.6) is 0 Å². The van der Waals surface area contributed by atoms with Gasteiger partial charge in [-0.05, 0) is 24.3 Å². The molecule has 1 fully saturated rings. The first kappa shape index (κ1) is 18.5. The fraction of sp³-hybridized carbons (Fsp3) is 0.263. The van der Waals surface area contributed by atoms with Crippen molar-refractivity contribution in [3.63, 3.8) is 0 Å². The van der Waals surface area contributed by atoms with Gasteiger partial charge in [-0.25, -0.2) is 9.59 Å². The third-order valence-electron chi connectivity index (χ3n) is 4.04. The minimum absolute atomic E-state index is 0.0688. The molecule has 3 rings (SSSR count). The van der Waals surface area contributed by atoms with E-state index in [-0.39, 0.29) is 30.6 Å². The highest BCUT2D eigenvalue weighted by Gasteiger charge is 2.30. The first-order valence-corrected chi connectivity index (χ1v) is 8.32. The number of carbonyl (C=O) groups excluding carboxylic acids is 2. The topological polar surface area (TPSA) is 105 Å². The largest absolute Gasteiger partial charge is 0.459 e. The first-order chi connectivity index (χ1) is 13.0. The molecule has 8 heteroatoms. The normalized spacial score (nSPS) is 18.7. The number of carbonyl (C=O) groups is 2. The van der Waals surface area contributed by atoms with Crippen molar-refractivity contribution in [2.75, 3.05) is 13.2 Å². The fourth-order valence-corrected chi connectivity index (χ4v) is 2.64. The van der Waals surface area contributed by atoms with Crippen LogP contribution in [0.4, 0.5) is 5.69 Å². The summed E-state index contributed by atoms with van der Waals surface area (Å²) in [4.78, 5) is 34.1. The number of benzene rings is 2. The van der Waals surface area contributed by atoms with Crippen LogP contribution < -0.4 is 0 Å². The summed E-state index contributed by atoms with van der Waals surface area (Å²) in [7, 11) is 0. The van der Waals surface area contributed by atoms with Crippen LogP contribution in [0.3, 0.4) is 0 Å². The molecule has 0 radical (unpaired) electrons. The van der Waals surface area contributed by atoms with E-state index in [1.807, 2.05) is 0 Å². The Morgan fingerprint density at radius 2 is 1.70 bits per heavy atom. The molecule has 0 aliphatic carbocycles. The van der Waals surface area contributed by atoms with E-state index >= 15 is 0 Å². The Labute approximate surface area is 154 Å². The van der Waals surface area contributed by atoms with E-state index in [9.17, 15) is 19.7 Å². The van der Waals surface area contributed by atoms with Crippen molar-refractivity contribution < 1.29 is 28.7 Å². The smallest absolute Gasteiger partial charge is 0.338 e. The van der Waals surface area contributed by atoms with Crippen molar-refractivity contribution in [1.82, 2.24) is 0 Å². The van der Waals surface area contributed by atoms with Gasteiger partial charge >= 0.3 is 11.9 Å². The maximum absolute atomic E-state index is 12.1. The summed E-state index contributed by atoms with van der Waals surface area (Å²) < 4.78 is 16.1. The lowest BCUT2D eigenvalue weighted by Gasteiger charge is -2.11. The lowest BCUT2D eigenvalue weighted by molar-refractivity contribution is -0.384. The molecule has 2 atom stereocenters. The fourth-order valence-electron chi connectivity index (χ4n) is 2.64. The van der Waals surface area contributed by atoms with Crippen molar-refractivity contribution in [3.8, 4) is 0 Å². The van der Waals surface area contributed by atoms with Crippen LogP contribution in [0.2, 0.25) is 0 Å². The van der Waals surface area contributed by atoms with E-state index in [4.69, 9.17) is 14.2 Å². The molecule has 0 unspecified atom stereocenters. The number of hydrogen-bond acceptors (Lipinski definition) is 7. The Balaban J connectivity index is 1.46. The maximum atomic E-state index is 12.1. The molecule has 1 saturated heterocycles. The Morgan fingerprint density at radius 3 is 2.37 bits per heavy atom. The zero-order valence-corrected chi connectivity index (χ0v) is 14.3. The molecule has 8 nitrogen and oxygen atoms in total. The lowest BCUT2D eigenvalue weighted by Crippen LogP contribution is -2.20. The van der Waals surface area contributed by atoms with Gasteiger partial charge in [0.15, 0.2) is 0 Å². The molecule has 0 saturated carbocycles. The van der Waals surface area contributed by atoms with Gasteiger partial charge in [-0.3, -0.25) is 10.1 Å². The molecular formula is C19H17NO7. The van der Waals surface area contributed by atoms with Gasteiger partial charge in [-0.2, -0.15) is 0 Å². The third kappa shape index (κ3) is 4.89. The van der Waals surface area contributed by atoms with Crippen LogP contribution in [0.15, 0.2) is 54.6 Å². The van der Waals surface area contributed by atoms with Gasteiger partial charge < -0.3 is 14.2 Å². The molecule has 140 valence electrons. The van der Waals surface area contributed by atoms with E-state index in [0.29, 0.717) is 12.0 Å². The second-order valence-corrected chi connectivity index (χ2v) is 5.99. The summed E-state index contributed by atoms with van der Waals surface area (Å²) in [6.07, 6.45) is -0.415. The number of ether oxygens (including phenoxy) is 3. The number of nitro benzene ring substituents is 1. The van der Waals surface area contributed by atoms with E-state index in [0.717, 1.165) is 0 Å². The summed E-state index contributed by atoms with van der Waals surface area (Å²) >= 11 is 0. The minimum atomic E-state index is -0.583. The number of esters is 2. The Hall–Kier alpha value is -3.26. The van der Waals surface area contributed by atoms with Gasteiger partial charge in [0.05, 0.1) is 28.8 Å². The average Bonchev–Trinajstić information content (AvgIpc) is 3.14. The van der Waals surface area contributed by atoms with Gasteiger partial charge in [0.25, 0.3) is 5.69 Å². The summed E-state index contributed by atoms with van der Waals surface area (Å²) in [6, 6.07) is 13.8. The van der Waals surface area contributed by atoms with Gasteiger partial charge in [-0.1, -0.05) is 18.2 Å². The number of nitro groups is 1. The minimum Gasteiger partial charge on any atom is -0.459 e. The number of non-ortho nitro benzene ring substituents is 1. The molecular weight excluding hydrogens is 354 g/mol. The van der Waals surface area contributed by atoms with Crippen molar-refractivity contribution in [1.29, 1.82) is 0 Å². The Kier molecular flexibility index (Phi) is 5.77. The van der Waals surface area contributed by atoms with Crippen LogP contribution in [-0.4, -0.2) is 42.3 Å². The molecule has 2 aromatic carbocycles. The monoisotopic (exact) mass is 371 g/mol. The second-order valence-electron chi connectivity index (χ2n) is 5.99. The predicted molar refractivity (Wildman–Crippen MR) is 93.4 cm³/mol. The van der Waals surface area contributed by atoms with Gasteiger partial charge in [0.2, 0.25) is 0 Å². The lowest BCUT2D eigenvalue weighted by atomic mass is 10.2. The van der Waals surface area contributed by atoms with E-state index in [1.54, 1.807) is 30.3 Å². The number of hydrogen-bond donors (Lipinski definition) is 0. The van der Waals surface area contributed by atoms with Gasteiger partial charge in [-0.15, -0.1) is 0 Å². The molecule has 0 amide bonds. The summed E-state index contributed by atoms with van der Waals surface area (Å²) in [5, 5.41) is 10.6. The number of rotatable bonds is 6. The van der Waals surface area contributed by atoms with Crippen LogP contribution in [0.25, 0.3) is 0 Å². The second kappa shape index (κ2) is 8.41. The number of nitrogens with zero attached hydrogens (tertiary/aromatic N) is 1. The van der Waals surface area contributed by atoms with Gasteiger partial charge in [0.1, 0.15) is 12.7 Å². The first-order valence-electron chi connectivity index (χ1n) is 8.32. The molecule has 27 heavy (non-hydrogen) atoms. The molecule has 0 spiro atoms. The SMILES string of the molecule is O=C(OC[C@@H]1C[C@@H](OC(=O)c2ccc([N+](=O)[O-])cc2)CO1)c1ccccc1. The van der Waals surface area contributed by atoms with Gasteiger partial charge in [0, 0.05) is 18.6 Å². The highest BCUT2D eigenvalue weighted by atomic mass is 16.6. The van der Waals surface area contributed by atoms with E-state index in [2.05, 4.69) is 0 Å². The van der Waals surface area contributed by atoms with E-state index < -0.39 is 23.0 Å². The average molecular weight is 371 g/mol. The zero-order chi connectivity index (χ0) is 19.2. The molecule has 2 aromatic rings. The third-order valence-corrected chi connectivity index (χ3v) is 4.04. The molecule has 0 bridgehead atoms. The van der Waals surface area contributed by atoms with Crippen molar-refractivity contribution in [2.45, 2.75) is 18.6 Å². The summed E-state index contributed by atoms with van der Waals surface area (Å²) in [5.74, 6) is -1.02. The van der Waals surface area contributed by atoms with Crippen molar-refractivity contribution >= 4 is 17.6 Å². The molecule has 1 aliphatic rings. The predicted octanol–water partition coefficient (Wildman–Crippen LogP) is 2.77. The highest BCUT2D eigenvalue weighted by Crippen LogP contribution is 2.20. The Morgan fingerprint density at radius 1 is 1.04 bits per heavy atom. The molecule has 0 N–H and O–H groups in total. The Bertz CT molecular complexity index is 820.